The first kappa shape index (κ1) is 13.2. The third kappa shape index (κ3) is 2.63. The third-order valence-corrected chi connectivity index (χ3v) is 2.99. The van der Waals surface area contributed by atoms with Crippen molar-refractivity contribution in [1.29, 1.82) is 0 Å². The van der Waals surface area contributed by atoms with Gasteiger partial charge >= 0.3 is 5.97 Å². The van der Waals surface area contributed by atoms with E-state index in [0.29, 0.717) is 10.6 Å². The van der Waals surface area contributed by atoms with Crippen LogP contribution in [0.1, 0.15) is 18.5 Å². The van der Waals surface area contributed by atoms with Crippen molar-refractivity contribution in [2.24, 2.45) is 0 Å². The van der Waals surface area contributed by atoms with Gasteiger partial charge in [0.15, 0.2) is 0 Å². The second-order valence-electron chi connectivity index (χ2n) is 4.29. The van der Waals surface area contributed by atoms with E-state index < -0.39 is 29.9 Å². The van der Waals surface area contributed by atoms with E-state index in [0.717, 1.165) is 0 Å². The van der Waals surface area contributed by atoms with Gasteiger partial charge in [0.25, 0.3) is 5.91 Å². The van der Waals surface area contributed by atoms with Crippen molar-refractivity contribution in [1.82, 2.24) is 14.9 Å². The number of aromatic nitrogens is 2. The molecule has 1 aromatic rings. The molecular weight excluding hydrogens is 254 g/mol. The zero-order valence-electron chi connectivity index (χ0n) is 9.94. The summed E-state index contributed by atoms with van der Waals surface area (Å²) >= 11 is 0. The number of hydrogen-bond acceptors (Lipinski definition) is 5. The normalized spacial score (nSPS) is 21.5. The molecule has 1 aliphatic heterocycles. The molecule has 2 heterocycles. The minimum absolute atomic E-state index is 0.0323. The number of nitrogens with one attached hydrogen (secondary N) is 1. The molecule has 3 N–H and O–H groups in total. The molecule has 0 spiro atoms. The Hall–Kier alpha value is -2.22. The second-order valence-corrected chi connectivity index (χ2v) is 4.29. The number of carbonyl (C=O) groups excluding carboxylic acids is 2. The number of amides is 2. The molecule has 0 aliphatic carbocycles. The summed E-state index contributed by atoms with van der Waals surface area (Å²) in [5.74, 6) is -2.74. The number of likely N-dealkylation sites (tertiary alicyclic amines) is 1. The van der Waals surface area contributed by atoms with Crippen molar-refractivity contribution in [3.05, 3.63) is 18.2 Å². The van der Waals surface area contributed by atoms with Gasteiger partial charge in [-0.05, 0) is 6.42 Å². The summed E-state index contributed by atoms with van der Waals surface area (Å²) in [5.41, 5.74) is 0.494. The van der Waals surface area contributed by atoms with E-state index in [1.807, 2.05) is 0 Å². The molecule has 0 aromatic carbocycles. The van der Waals surface area contributed by atoms with Crippen LogP contribution in [-0.2, 0) is 20.8 Å². The molecule has 2 amide bonds. The van der Waals surface area contributed by atoms with Crippen LogP contribution in [0.3, 0.4) is 0 Å². The highest BCUT2D eigenvalue weighted by molar-refractivity contribution is 6.03. The Labute approximate surface area is 108 Å². The molecule has 0 bridgehead atoms. The van der Waals surface area contributed by atoms with Crippen LogP contribution in [0.25, 0.3) is 0 Å². The number of nitrogens with zero attached hydrogens (tertiary/aromatic N) is 2. The number of hydrogen-bond donors (Lipinski definition) is 3. The number of carbonyl (C=O) groups is 3. The summed E-state index contributed by atoms with van der Waals surface area (Å²) in [6, 6.07) is -1.34. The zero-order chi connectivity index (χ0) is 14.0. The van der Waals surface area contributed by atoms with Gasteiger partial charge in [-0.1, -0.05) is 0 Å². The van der Waals surface area contributed by atoms with Crippen LogP contribution in [0, 0.1) is 0 Å². The van der Waals surface area contributed by atoms with Crippen molar-refractivity contribution >= 4 is 17.8 Å². The van der Waals surface area contributed by atoms with Gasteiger partial charge in [0, 0.05) is 24.7 Å². The number of piperidine rings is 1. The van der Waals surface area contributed by atoms with E-state index in [1.165, 1.54) is 12.5 Å². The van der Waals surface area contributed by atoms with E-state index in [9.17, 15) is 24.6 Å². The van der Waals surface area contributed by atoms with Crippen molar-refractivity contribution in [2.45, 2.75) is 31.4 Å². The summed E-state index contributed by atoms with van der Waals surface area (Å²) in [5, 5.41) is 18.7. The SMILES string of the molecule is O=C(O)C(Cc1cnc[nH]1)N1C(=O)CCC(O)C1=O. The van der Waals surface area contributed by atoms with Gasteiger partial charge in [-0.2, -0.15) is 0 Å². The number of rotatable bonds is 4. The molecule has 1 fully saturated rings. The smallest absolute Gasteiger partial charge is 0.327 e. The number of aromatic amines is 1. The van der Waals surface area contributed by atoms with Crippen LogP contribution in [0.4, 0.5) is 0 Å². The van der Waals surface area contributed by atoms with E-state index >= 15 is 0 Å². The molecule has 0 saturated carbocycles. The number of carboxylic acid groups (broad SMARTS) is 1. The fourth-order valence-electron chi connectivity index (χ4n) is 2.01. The van der Waals surface area contributed by atoms with E-state index in [2.05, 4.69) is 9.97 Å². The predicted octanol–water partition coefficient (Wildman–Crippen LogP) is -1.08. The predicted molar refractivity (Wildman–Crippen MR) is 60.8 cm³/mol. The number of imidazole rings is 1. The van der Waals surface area contributed by atoms with Gasteiger partial charge in [0.05, 0.1) is 6.33 Å². The van der Waals surface area contributed by atoms with Gasteiger partial charge in [-0.15, -0.1) is 0 Å². The molecule has 1 saturated heterocycles. The molecule has 8 nitrogen and oxygen atoms in total. The number of carboxylic acids is 1. The molecule has 2 atom stereocenters. The molecule has 2 unspecified atom stereocenters. The molecule has 2 rings (SSSR count). The van der Waals surface area contributed by atoms with Gasteiger partial charge in [0.1, 0.15) is 12.1 Å². The van der Waals surface area contributed by atoms with Crippen LogP contribution < -0.4 is 0 Å². The number of aliphatic hydroxyl groups is 1. The fraction of sp³-hybridized carbons (Fsp3) is 0.455. The molecular formula is C11H13N3O5. The lowest BCUT2D eigenvalue weighted by atomic mass is 10.0. The summed E-state index contributed by atoms with van der Waals surface area (Å²) in [6.07, 6.45) is 1.40. The number of aliphatic carboxylic acids is 1. The topological polar surface area (TPSA) is 124 Å². The van der Waals surface area contributed by atoms with Gasteiger partial charge < -0.3 is 15.2 Å². The highest BCUT2D eigenvalue weighted by atomic mass is 16.4. The monoisotopic (exact) mass is 267 g/mol. The summed E-state index contributed by atoms with van der Waals surface area (Å²) in [7, 11) is 0. The third-order valence-electron chi connectivity index (χ3n) is 2.99. The standard InChI is InChI=1S/C11H13N3O5/c15-8-1-2-9(16)14(10(8)17)7(11(18)19)3-6-4-12-5-13-6/h4-5,7-8,15H,1-3H2,(H,12,13)(H,18,19). The number of aliphatic hydroxyl groups excluding tert-OH is 1. The zero-order valence-corrected chi connectivity index (χ0v) is 9.94. The highest BCUT2D eigenvalue weighted by Crippen LogP contribution is 2.18. The number of imide groups is 1. The maximum Gasteiger partial charge on any atom is 0.327 e. The molecule has 102 valence electrons. The van der Waals surface area contributed by atoms with Crippen LogP contribution in [0.2, 0.25) is 0 Å². The maximum atomic E-state index is 11.8. The van der Waals surface area contributed by atoms with Crippen LogP contribution in [-0.4, -0.2) is 55.0 Å². The Morgan fingerprint density at radius 3 is 2.89 bits per heavy atom. The quantitative estimate of drug-likeness (QED) is 0.596. The van der Waals surface area contributed by atoms with Gasteiger partial charge in [0.2, 0.25) is 5.91 Å². The highest BCUT2D eigenvalue weighted by Gasteiger charge is 2.40. The Morgan fingerprint density at radius 1 is 1.58 bits per heavy atom. The van der Waals surface area contributed by atoms with E-state index in [-0.39, 0.29) is 19.3 Å². The lowest BCUT2D eigenvalue weighted by molar-refractivity contribution is -0.165. The van der Waals surface area contributed by atoms with Gasteiger partial charge in [-0.3, -0.25) is 14.5 Å². The Bertz CT molecular complexity index is 498. The number of H-pyrrole nitrogens is 1. The minimum Gasteiger partial charge on any atom is -0.480 e. The molecule has 0 radical (unpaired) electrons. The van der Waals surface area contributed by atoms with Crippen molar-refractivity contribution in [3.8, 4) is 0 Å². The average Bonchev–Trinajstić information content (AvgIpc) is 2.86. The first-order valence-electron chi connectivity index (χ1n) is 5.74. The Balaban J connectivity index is 2.24. The summed E-state index contributed by atoms with van der Waals surface area (Å²) < 4.78 is 0. The molecule has 1 aromatic heterocycles. The lowest BCUT2D eigenvalue weighted by Gasteiger charge is -2.32. The fourth-order valence-corrected chi connectivity index (χ4v) is 2.01. The maximum absolute atomic E-state index is 11.8. The molecule has 1 aliphatic rings. The van der Waals surface area contributed by atoms with E-state index in [4.69, 9.17) is 0 Å². The largest absolute Gasteiger partial charge is 0.480 e. The average molecular weight is 267 g/mol. The van der Waals surface area contributed by atoms with Crippen LogP contribution in [0.5, 0.6) is 0 Å². The lowest BCUT2D eigenvalue weighted by Crippen LogP contribution is -2.56. The van der Waals surface area contributed by atoms with Gasteiger partial charge in [-0.25, -0.2) is 9.78 Å². The van der Waals surface area contributed by atoms with E-state index in [1.54, 1.807) is 0 Å². The van der Waals surface area contributed by atoms with Crippen molar-refractivity contribution in [2.75, 3.05) is 0 Å². The first-order valence-corrected chi connectivity index (χ1v) is 5.74. The van der Waals surface area contributed by atoms with Crippen LogP contribution >= 0.6 is 0 Å². The minimum atomic E-state index is -1.34. The van der Waals surface area contributed by atoms with Crippen molar-refractivity contribution in [3.63, 3.8) is 0 Å². The molecule has 8 heteroatoms. The Kier molecular flexibility index (Phi) is 3.61. The second kappa shape index (κ2) is 5.19. The van der Waals surface area contributed by atoms with Crippen molar-refractivity contribution < 1.29 is 24.6 Å². The first-order chi connectivity index (χ1) is 9.00. The van der Waals surface area contributed by atoms with Crippen LogP contribution in [0.15, 0.2) is 12.5 Å². The Morgan fingerprint density at radius 2 is 2.32 bits per heavy atom. The summed E-state index contributed by atoms with van der Waals surface area (Å²) in [6.45, 7) is 0. The summed E-state index contributed by atoms with van der Waals surface area (Å²) in [4.78, 5) is 41.9. The molecule has 19 heavy (non-hydrogen) atoms.